The van der Waals surface area contributed by atoms with Gasteiger partial charge >= 0.3 is 0 Å². The summed E-state index contributed by atoms with van der Waals surface area (Å²) >= 11 is 0. The second-order valence-electron chi connectivity index (χ2n) is 7.12. The van der Waals surface area contributed by atoms with Crippen molar-refractivity contribution < 1.29 is 9.59 Å². The van der Waals surface area contributed by atoms with Crippen molar-refractivity contribution in [3.63, 3.8) is 0 Å². The second kappa shape index (κ2) is 9.36. The van der Waals surface area contributed by atoms with E-state index in [0.717, 1.165) is 18.5 Å². The summed E-state index contributed by atoms with van der Waals surface area (Å²) in [6, 6.07) is 16.9. The highest BCUT2D eigenvalue weighted by atomic mass is 16.2. The maximum absolute atomic E-state index is 12.8. The number of nitrogens with zero attached hydrogens (tertiary/aromatic N) is 1. The van der Waals surface area contributed by atoms with Crippen LogP contribution >= 0.6 is 0 Å². The Hall–Kier alpha value is -2.62. The molecule has 2 amide bonds. The van der Waals surface area contributed by atoms with Gasteiger partial charge in [-0.3, -0.25) is 9.59 Å². The van der Waals surface area contributed by atoms with Crippen molar-refractivity contribution in [1.29, 1.82) is 0 Å². The van der Waals surface area contributed by atoms with Gasteiger partial charge in [-0.25, -0.2) is 0 Å². The van der Waals surface area contributed by atoms with Gasteiger partial charge in [0, 0.05) is 29.4 Å². The smallest absolute Gasteiger partial charge is 0.258 e. The molecule has 0 spiro atoms. The molecule has 1 N–H and O–H groups in total. The average Bonchev–Trinajstić information content (AvgIpc) is 2.98. The average molecular weight is 364 g/mol. The van der Waals surface area contributed by atoms with Gasteiger partial charge in [0.2, 0.25) is 0 Å². The number of amides is 2. The molecule has 0 radical (unpaired) electrons. The van der Waals surface area contributed by atoms with Gasteiger partial charge in [-0.2, -0.15) is 0 Å². The third kappa shape index (κ3) is 4.97. The molecule has 1 fully saturated rings. The van der Waals surface area contributed by atoms with E-state index in [1.165, 1.54) is 25.7 Å². The summed E-state index contributed by atoms with van der Waals surface area (Å²) in [5.41, 5.74) is 2.07. The normalized spacial score (nSPS) is 15.0. The van der Waals surface area contributed by atoms with Crippen molar-refractivity contribution in [2.24, 2.45) is 0 Å². The van der Waals surface area contributed by atoms with Crippen LogP contribution < -0.4 is 10.2 Å². The zero-order chi connectivity index (χ0) is 19.1. The van der Waals surface area contributed by atoms with Gasteiger partial charge in [0.15, 0.2) is 0 Å². The molecule has 0 atom stereocenters. The molecule has 0 bridgehead atoms. The van der Waals surface area contributed by atoms with Gasteiger partial charge in [0.05, 0.1) is 0 Å². The molecule has 0 aromatic heterocycles. The fourth-order valence-corrected chi connectivity index (χ4v) is 3.66. The van der Waals surface area contributed by atoms with Crippen LogP contribution in [0.3, 0.4) is 0 Å². The number of hydrogen-bond donors (Lipinski definition) is 1. The van der Waals surface area contributed by atoms with Crippen molar-refractivity contribution in [2.45, 2.75) is 51.5 Å². The van der Waals surface area contributed by atoms with E-state index in [-0.39, 0.29) is 17.9 Å². The molecule has 0 saturated heterocycles. The van der Waals surface area contributed by atoms with Crippen molar-refractivity contribution in [2.75, 3.05) is 11.4 Å². The molecule has 4 nitrogen and oxygen atoms in total. The molecular weight excluding hydrogens is 336 g/mol. The minimum Gasteiger partial charge on any atom is -0.349 e. The molecule has 142 valence electrons. The fraction of sp³-hybridized carbons (Fsp3) is 0.391. The lowest BCUT2D eigenvalue weighted by Gasteiger charge is -2.21. The third-order valence-corrected chi connectivity index (χ3v) is 5.21. The van der Waals surface area contributed by atoms with Gasteiger partial charge in [0.25, 0.3) is 11.8 Å². The minimum atomic E-state index is -0.0561. The summed E-state index contributed by atoms with van der Waals surface area (Å²) in [6.07, 6.45) is 7.02. The van der Waals surface area contributed by atoms with Crippen LogP contribution in [0.5, 0.6) is 0 Å². The quantitative estimate of drug-likeness (QED) is 0.774. The molecule has 4 heteroatoms. The van der Waals surface area contributed by atoms with Crippen LogP contribution in [0.4, 0.5) is 5.69 Å². The van der Waals surface area contributed by atoms with E-state index in [4.69, 9.17) is 0 Å². The Morgan fingerprint density at radius 2 is 1.48 bits per heavy atom. The second-order valence-corrected chi connectivity index (χ2v) is 7.12. The van der Waals surface area contributed by atoms with Gasteiger partial charge in [0.1, 0.15) is 0 Å². The van der Waals surface area contributed by atoms with Crippen molar-refractivity contribution in [3.05, 3.63) is 65.7 Å². The standard InChI is InChI=1S/C23H28N2O2/c1-2-25(21-12-8-5-9-13-21)23(27)19-16-14-18(15-17-19)22(26)24-20-10-6-3-4-7-11-20/h5,8-9,12-17,20H,2-4,6-7,10-11H2,1H3,(H,24,26). The first-order chi connectivity index (χ1) is 13.2. The van der Waals surface area contributed by atoms with Crippen molar-refractivity contribution >= 4 is 17.5 Å². The van der Waals surface area contributed by atoms with Crippen molar-refractivity contribution in [1.82, 2.24) is 5.32 Å². The predicted molar refractivity (Wildman–Crippen MR) is 109 cm³/mol. The Morgan fingerprint density at radius 1 is 0.889 bits per heavy atom. The maximum atomic E-state index is 12.8. The van der Waals surface area contributed by atoms with E-state index in [2.05, 4.69) is 5.32 Å². The molecule has 0 aliphatic heterocycles. The first kappa shape index (κ1) is 19.2. The molecule has 3 rings (SSSR count). The number of benzene rings is 2. The lowest BCUT2D eigenvalue weighted by atomic mass is 10.1. The van der Waals surface area contributed by atoms with Crippen LogP contribution in [0.15, 0.2) is 54.6 Å². The van der Waals surface area contributed by atoms with E-state index >= 15 is 0 Å². The Kier molecular flexibility index (Phi) is 6.64. The largest absolute Gasteiger partial charge is 0.349 e. The lowest BCUT2D eigenvalue weighted by Crippen LogP contribution is -2.34. The molecule has 0 heterocycles. The number of nitrogens with one attached hydrogen (secondary N) is 1. The van der Waals surface area contributed by atoms with Crippen molar-refractivity contribution in [3.8, 4) is 0 Å². The summed E-state index contributed by atoms with van der Waals surface area (Å²) < 4.78 is 0. The predicted octanol–water partition coefficient (Wildman–Crippen LogP) is 4.81. The van der Waals surface area contributed by atoms with Gasteiger partial charge in [-0.15, -0.1) is 0 Å². The lowest BCUT2D eigenvalue weighted by molar-refractivity contribution is 0.0931. The Morgan fingerprint density at radius 3 is 2.07 bits per heavy atom. The summed E-state index contributed by atoms with van der Waals surface area (Å²) in [6.45, 7) is 2.55. The molecule has 27 heavy (non-hydrogen) atoms. The number of carbonyl (C=O) groups excluding carboxylic acids is 2. The number of rotatable bonds is 5. The van der Waals surface area contributed by atoms with Crippen LogP contribution in [-0.4, -0.2) is 24.4 Å². The summed E-state index contributed by atoms with van der Waals surface area (Å²) in [5.74, 6) is -0.101. The first-order valence-electron chi connectivity index (χ1n) is 9.97. The molecule has 0 unspecified atom stereocenters. The number of carbonyl (C=O) groups is 2. The monoisotopic (exact) mass is 364 g/mol. The van der Waals surface area contributed by atoms with Crippen LogP contribution in [0, 0.1) is 0 Å². The van der Waals surface area contributed by atoms with E-state index in [1.54, 1.807) is 29.2 Å². The molecule has 1 aliphatic carbocycles. The molecule has 2 aromatic carbocycles. The fourth-order valence-electron chi connectivity index (χ4n) is 3.66. The molecule has 1 aliphatic rings. The van der Waals surface area contributed by atoms with E-state index in [1.807, 2.05) is 37.3 Å². The Balaban J connectivity index is 1.67. The van der Waals surface area contributed by atoms with E-state index < -0.39 is 0 Å². The van der Waals surface area contributed by atoms with Crippen LogP contribution in [-0.2, 0) is 0 Å². The van der Waals surface area contributed by atoms with Crippen LogP contribution in [0.1, 0.15) is 66.2 Å². The highest BCUT2D eigenvalue weighted by Gasteiger charge is 2.18. The summed E-state index contributed by atoms with van der Waals surface area (Å²) in [5, 5.41) is 3.15. The minimum absolute atomic E-state index is 0.0451. The van der Waals surface area contributed by atoms with Crippen LogP contribution in [0.25, 0.3) is 0 Å². The van der Waals surface area contributed by atoms with E-state index in [0.29, 0.717) is 17.7 Å². The maximum Gasteiger partial charge on any atom is 0.258 e. The zero-order valence-electron chi connectivity index (χ0n) is 16.0. The summed E-state index contributed by atoms with van der Waals surface area (Å²) in [7, 11) is 0. The number of hydrogen-bond acceptors (Lipinski definition) is 2. The van der Waals surface area contributed by atoms with Gasteiger partial charge in [-0.1, -0.05) is 43.9 Å². The Labute approximate surface area is 161 Å². The first-order valence-corrected chi connectivity index (χ1v) is 9.97. The van der Waals surface area contributed by atoms with Gasteiger partial charge < -0.3 is 10.2 Å². The highest BCUT2D eigenvalue weighted by molar-refractivity contribution is 6.06. The molecule has 1 saturated carbocycles. The number of para-hydroxylation sites is 1. The third-order valence-electron chi connectivity index (χ3n) is 5.21. The van der Waals surface area contributed by atoms with Gasteiger partial charge in [-0.05, 0) is 56.2 Å². The van der Waals surface area contributed by atoms with Crippen LogP contribution in [0.2, 0.25) is 0 Å². The highest BCUT2D eigenvalue weighted by Crippen LogP contribution is 2.19. The number of anilines is 1. The molecule has 2 aromatic rings. The topological polar surface area (TPSA) is 49.4 Å². The molecular formula is C23H28N2O2. The Bertz CT molecular complexity index is 748. The SMILES string of the molecule is CCN(C(=O)c1ccc(C(=O)NC2CCCCCC2)cc1)c1ccccc1. The zero-order valence-corrected chi connectivity index (χ0v) is 16.0. The summed E-state index contributed by atoms with van der Waals surface area (Å²) in [4.78, 5) is 27.1. The van der Waals surface area contributed by atoms with E-state index in [9.17, 15) is 9.59 Å².